The van der Waals surface area contributed by atoms with Gasteiger partial charge in [-0.05, 0) is 44.1 Å². The van der Waals surface area contributed by atoms with Crippen LogP contribution < -0.4 is 0 Å². The van der Waals surface area contributed by atoms with Gasteiger partial charge >= 0.3 is 5.97 Å². The Morgan fingerprint density at radius 2 is 1.55 bits per heavy atom. The first-order valence-electron chi connectivity index (χ1n) is 12.0. The summed E-state index contributed by atoms with van der Waals surface area (Å²) in [5.41, 5.74) is 0.925. The van der Waals surface area contributed by atoms with Crippen molar-refractivity contribution >= 4 is 5.97 Å². The van der Waals surface area contributed by atoms with Gasteiger partial charge in [0.25, 0.3) is 0 Å². The van der Waals surface area contributed by atoms with Gasteiger partial charge in [-0.2, -0.15) is 0 Å². The second kappa shape index (κ2) is 16.4. The Morgan fingerprint density at radius 1 is 0.897 bits per heavy atom. The summed E-state index contributed by atoms with van der Waals surface area (Å²) in [4.78, 5) is 11.9. The number of ether oxygens (including phenoxy) is 1. The van der Waals surface area contributed by atoms with Crippen molar-refractivity contribution in [2.45, 2.75) is 110 Å². The van der Waals surface area contributed by atoms with Gasteiger partial charge in [-0.3, -0.25) is 4.79 Å². The van der Waals surface area contributed by atoms with Crippen LogP contribution in [0.5, 0.6) is 0 Å². The quantitative estimate of drug-likeness (QED) is 0.256. The standard InChI is InChI=1S/C26H44O3/c1-4-6-8-9-10-14-20-29-22(3)18-19-23(15-7-5-2)21-25(26(27)28)24-16-12-11-13-17-24/h11-13,16-17,22-23,25H,4-10,14-15,18-21H2,1-3H3,(H,27,28). The van der Waals surface area contributed by atoms with Gasteiger partial charge in [-0.15, -0.1) is 0 Å². The van der Waals surface area contributed by atoms with E-state index in [1.54, 1.807) is 0 Å². The van der Waals surface area contributed by atoms with E-state index in [9.17, 15) is 9.90 Å². The maximum Gasteiger partial charge on any atom is 0.310 e. The van der Waals surface area contributed by atoms with E-state index in [2.05, 4.69) is 20.8 Å². The van der Waals surface area contributed by atoms with Crippen LogP contribution in [0.15, 0.2) is 30.3 Å². The van der Waals surface area contributed by atoms with Crippen LogP contribution in [0.2, 0.25) is 0 Å². The van der Waals surface area contributed by atoms with Crippen molar-refractivity contribution in [3.05, 3.63) is 35.9 Å². The SMILES string of the molecule is CCCCCCCCOC(C)CCC(CCCC)CC(C(=O)O)c1ccccc1. The molecule has 0 saturated carbocycles. The molecule has 0 bridgehead atoms. The number of hydrogen-bond acceptors (Lipinski definition) is 2. The maximum atomic E-state index is 11.9. The van der Waals surface area contributed by atoms with Crippen LogP contribution in [-0.4, -0.2) is 23.8 Å². The van der Waals surface area contributed by atoms with Gasteiger partial charge < -0.3 is 9.84 Å². The predicted molar refractivity (Wildman–Crippen MR) is 122 cm³/mol. The number of benzene rings is 1. The zero-order valence-electron chi connectivity index (χ0n) is 19.1. The molecule has 0 spiro atoms. The molecule has 0 aliphatic carbocycles. The maximum absolute atomic E-state index is 11.9. The molecule has 0 amide bonds. The van der Waals surface area contributed by atoms with Crippen molar-refractivity contribution in [2.24, 2.45) is 5.92 Å². The molecule has 1 rings (SSSR count). The van der Waals surface area contributed by atoms with E-state index in [-0.39, 0.29) is 6.10 Å². The number of carboxylic acids is 1. The fourth-order valence-corrected chi connectivity index (χ4v) is 3.99. The van der Waals surface area contributed by atoms with E-state index < -0.39 is 11.9 Å². The average Bonchev–Trinajstić information content (AvgIpc) is 2.73. The molecule has 29 heavy (non-hydrogen) atoms. The van der Waals surface area contributed by atoms with E-state index in [4.69, 9.17) is 4.74 Å². The van der Waals surface area contributed by atoms with Crippen LogP contribution >= 0.6 is 0 Å². The van der Waals surface area contributed by atoms with Gasteiger partial charge in [0, 0.05) is 6.61 Å². The molecule has 3 atom stereocenters. The molecule has 0 aromatic heterocycles. The summed E-state index contributed by atoms with van der Waals surface area (Å²) >= 11 is 0. The Balaban J connectivity index is 2.42. The summed E-state index contributed by atoms with van der Waals surface area (Å²) in [5, 5.41) is 9.77. The number of aliphatic carboxylic acids is 1. The zero-order chi connectivity index (χ0) is 21.3. The minimum absolute atomic E-state index is 0.259. The van der Waals surface area contributed by atoms with Crippen molar-refractivity contribution in [1.29, 1.82) is 0 Å². The van der Waals surface area contributed by atoms with Gasteiger partial charge in [-0.1, -0.05) is 95.5 Å². The average molecular weight is 405 g/mol. The highest BCUT2D eigenvalue weighted by Gasteiger charge is 2.24. The van der Waals surface area contributed by atoms with Crippen LogP contribution in [0.4, 0.5) is 0 Å². The van der Waals surface area contributed by atoms with E-state index in [0.29, 0.717) is 5.92 Å². The van der Waals surface area contributed by atoms with E-state index in [1.165, 1.54) is 38.5 Å². The normalized spacial score (nSPS) is 14.4. The highest BCUT2D eigenvalue weighted by Crippen LogP contribution is 2.30. The number of carboxylic acid groups (broad SMARTS) is 1. The van der Waals surface area contributed by atoms with Gasteiger partial charge in [0.1, 0.15) is 0 Å². The highest BCUT2D eigenvalue weighted by atomic mass is 16.5. The Bertz CT molecular complexity index is 514. The smallest absolute Gasteiger partial charge is 0.310 e. The summed E-state index contributed by atoms with van der Waals surface area (Å²) in [5.74, 6) is -0.668. The minimum Gasteiger partial charge on any atom is -0.481 e. The lowest BCUT2D eigenvalue weighted by atomic mass is 9.83. The van der Waals surface area contributed by atoms with Crippen LogP contribution in [0.25, 0.3) is 0 Å². The second-order valence-electron chi connectivity index (χ2n) is 8.57. The molecule has 0 saturated heterocycles. The molecule has 0 radical (unpaired) electrons. The third kappa shape index (κ3) is 12.1. The Hall–Kier alpha value is -1.35. The van der Waals surface area contributed by atoms with Crippen LogP contribution in [0, 0.1) is 5.92 Å². The molecule has 3 nitrogen and oxygen atoms in total. The number of hydrogen-bond donors (Lipinski definition) is 1. The lowest BCUT2D eigenvalue weighted by molar-refractivity contribution is -0.139. The van der Waals surface area contributed by atoms with Crippen molar-refractivity contribution < 1.29 is 14.6 Å². The van der Waals surface area contributed by atoms with Gasteiger partial charge in [-0.25, -0.2) is 0 Å². The summed E-state index contributed by atoms with van der Waals surface area (Å²) in [7, 11) is 0. The molecule has 0 aliphatic heterocycles. The topological polar surface area (TPSA) is 46.5 Å². The summed E-state index contributed by atoms with van der Waals surface area (Å²) < 4.78 is 6.02. The second-order valence-corrected chi connectivity index (χ2v) is 8.57. The van der Waals surface area contributed by atoms with Crippen LogP contribution in [0.3, 0.4) is 0 Å². The third-order valence-corrected chi connectivity index (χ3v) is 5.92. The number of rotatable bonds is 18. The van der Waals surface area contributed by atoms with Crippen molar-refractivity contribution in [2.75, 3.05) is 6.61 Å². The van der Waals surface area contributed by atoms with Crippen molar-refractivity contribution in [3.8, 4) is 0 Å². The predicted octanol–water partition coefficient (Wildman–Crippen LogP) is 7.60. The lowest BCUT2D eigenvalue weighted by Gasteiger charge is -2.23. The molecular weight excluding hydrogens is 360 g/mol. The fraction of sp³-hybridized carbons (Fsp3) is 0.731. The first-order chi connectivity index (χ1) is 14.1. The van der Waals surface area contributed by atoms with Gasteiger partial charge in [0.05, 0.1) is 12.0 Å². The molecule has 3 heteroatoms. The largest absolute Gasteiger partial charge is 0.481 e. The van der Waals surface area contributed by atoms with Crippen molar-refractivity contribution in [1.82, 2.24) is 0 Å². The molecule has 0 aliphatic rings. The van der Waals surface area contributed by atoms with Crippen molar-refractivity contribution in [3.63, 3.8) is 0 Å². The summed E-state index contributed by atoms with van der Waals surface area (Å²) in [6, 6.07) is 9.71. The molecule has 3 unspecified atom stereocenters. The Kier molecular flexibility index (Phi) is 14.6. The van der Waals surface area contributed by atoms with Crippen LogP contribution in [0.1, 0.15) is 109 Å². The lowest BCUT2D eigenvalue weighted by Crippen LogP contribution is -2.18. The highest BCUT2D eigenvalue weighted by molar-refractivity contribution is 5.76. The molecule has 0 fully saturated rings. The van der Waals surface area contributed by atoms with Gasteiger partial charge in [0.15, 0.2) is 0 Å². The monoisotopic (exact) mass is 404 g/mol. The first kappa shape index (κ1) is 25.7. The fourth-order valence-electron chi connectivity index (χ4n) is 3.99. The van der Waals surface area contributed by atoms with E-state index >= 15 is 0 Å². The Labute approximate surface area is 179 Å². The summed E-state index contributed by atoms with van der Waals surface area (Å²) in [6.07, 6.45) is 14.2. The summed E-state index contributed by atoms with van der Waals surface area (Å²) in [6.45, 7) is 7.47. The molecule has 0 heterocycles. The first-order valence-corrected chi connectivity index (χ1v) is 12.0. The van der Waals surface area contributed by atoms with E-state index in [1.807, 2.05) is 30.3 Å². The number of unbranched alkanes of at least 4 members (excludes halogenated alkanes) is 6. The molecule has 1 aromatic carbocycles. The number of carbonyl (C=O) groups is 1. The molecular formula is C26H44O3. The van der Waals surface area contributed by atoms with Crippen LogP contribution in [-0.2, 0) is 9.53 Å². The van der Waals surface area contributed by atoms with Gasteiger partial charge in [0.2, 0.25) is 0 Å². The third-order valence-electron chi connectivity index (χ3n) is 5.92. The Morgan fingerprint density at radius 3 is 2.21 bits per heavy atom. The minimum atomic E-state index is -0.704. The molecule has 1 N–H and O–H groups in total. The van der Waals surface area contributed by atoms with E-state index in [0.717, 1.165) is 50.7 Å². The zero-order valence-corrected chi connectivity index (χ0v) is 19.1. The molecule has 1 aromatic rings. The molecule has 166 valence electrons.